The summed E-state index contributed by atoms with van der Waals surface area (Å²) >= 11 is 13.1. The van der Waals surface area contributed by atoms with Crippen LogP contribution in [0.15, 0.2) is 47.5 Å². The molecule has 2 amide bonds. The molecule has 1 fully saturated rings. The highest BCUT2D eigenvalue weighted by Crippen LogP contribution is 2.32. The SMILES string of the molecule is CN1C(=O)[C@H](CC(=O)Nc2ccc(F)cc2)SC1=Nc1ccc(Cl)c(Cl)c1. The van der Waals surface area contributed by atoms with E-state index in [-0.39, 0.29) is 24.1 Å². The minimum absolute atomic E-state index is 0.0222. The summed E-state index contributed by atoms with van der Waals surface area (Å²) in [6, 6.07) is 10.3. The zero-order chi connectivity index (χ0) is 19.6. The Kier molecular flexibility index (Phi) is 6.04. The molecular weight excluding hydrogens is 412 g/mol. The van der Waals surface area contributed by atoms with Gasteiger partial charge in [0.05, 0.1) is 15.7 Å². The van der Waals surface area contributed by atoms with E-state index in [1.165, 1.54) is 40.9 Å². The molecule has 9 heteroatoms. The molecule has 1 N–H and O–H groups in total. The van der Waals surface area contributed by atoms with Gasteiger partial charge in [0, 0.05) is 19.2 Å². The number of hydrogen-bond donors (Lipinski definition) is 1. The number of amidine groups is 1. The predicted molar refractivity (Wildman–Crippen MR) is 107 cm³/mol. The van der Waals surface area contributed by atoms with E-state index in [2.05, 4.69) is 10.3 Å². The molecule has 3 rings (SSSR count). The number of benzene rings is 2. The summed E-state index contributed by atoms with van der Waals surface area (Å²) in [5, 5.41) is 3.31. The first kappa shape index (κ1) is 19.7. The van der Waals surface area contributed by atoms with Crippen LogP contribution in [0.3, 0.4) is 0 Å². The lowest BCUT2D eigenvalue weighted by molar-refractivity contribution is -0.127. The Labute approximate surface area is 169 Å². The number of carbonyl (C=O) groups excluding carboxylic acids is 2. The number of aliphatic imine (C=N–C) groups is 1. The molecule has 1 saturated heterocycles. The molecule has 5 nitrogen and oxygen atoms in total. The molecule has 2 aromatic carbocycles. The van der Waals surface area contributed by atoms with Crippen molar-refractivity contribution in [1.29, 1.82) is 0 Å². The Morgan fingerprint density at radius 3 is 2.59 bits per heavy atom. The number of carbonyl (C=O) groups is 2. The molecule has 0 aromatic heterocycles. The van der Waals surface area contributed by atoms with E-state index in [9.17, 15) is 14.0 Å². The van der Waals surface area contributed by atoms with Crippen molar-refractivity contribution < 1.29 is 14.0 Å². The van der Waals surface area contributed by atoms with Crippen molar-refractivity contribution in [1.82, 2.24) is 4.90 Å². The highest BCUT2D eigenvalue weighted by molar-refractivity contribution is 8.15. The molecule has 140 valence electrons. The van der Waals surface area contributed by atoms with Gasteiger partial charge in [-0.3, -0.25) is 14.5 Å². The molecule has 0 saturated carbocycles. The van der Waals surface area contributed by atoms with Gasteiger partial charge in [0.15, 0.2) is 5.17 Å². The smallest absolute Gasteiger partial charge is 0.242 e. The summed E-state index contributed by atoms with van der Waals surface area (Å²) in [6.45, 7) is 0. The number of amides is 2. The molecule has 2 aromatic rings. The summed E-state index contributed by atoms with van der Waals surface area (Å²) in [5.74, 6) is -0.941. The van der Waals surface area contributed by atoms with Crippen molar-refractivity contribution in [2.45, 2.75) is 11.7 Å². The first-order chi connectivity index (χ1) is 12.8. The van der Waals surface area contributed by atoms with Gasteiger partial charge in [-0.1, -0.05) is 35.0 Å². The Bertz CT molecular complexity index is 921. The van der Waals surface area contributed by atoms with E-state index in [0.717, 1.165) is 0 Å². The van der Waals surface area contributed by atoms with Gasteiger partial charge in [-0.05, 0) is 42.5 Å². The van der Waals surface area contributed by atoms with Crippen LogP contribution < -0.4 is 5.32 Å². The summed E-state index contributed by atoms with van der Waals surface area (Å²) in [5.41, 5.74) is 1.03. The van der Waals surface area contributed by atoms with E-state index < -0.39 is 5.25 Å². The lowest BCUT2D eigenvalue weighted by atomic mass is 10.2. The van der Waals surface area contributed by atoms with Crippen molar-refractivity contribution in [2.24, 2.45) is 4.99 Å². The van der Waals surface area contributed by atoms with E-state index in [1.807, 2.05) is 0 Å². The molecule has 0 spiro atoms. The first-order valence-corrected chi connectivity index (χ1v) is 9.50. The first-order valence-electron chi connectivity index (χ1n) is 7.87. The van der Waals surface area contributed by atoms with Crippen LogP contribution in [0, 0.1) is 5.82 Å². The minimum Gasteiger partial charge on any atom is -0.326 e. The van der Waals surface area contributed by atoms with Gasteiger partial charge in [-0.25, -0.2) is 9.38 Å². The predicted octanol–water partition coefficient (Wildman–Crippen LogP) is 4.72. The molecule has 27 heavy (non-hydrogen) atoms. The van der Waals surface area contributed by atoms with Crippen LogP contribution >= 0.6 is 35.0 Å². The van der Waals surface area contributed by atoms with Crippen molar-refractivity contribution >= 4 is 63.3 Å². The maximum Gasteiger partial charge on any atom is 0.242 e. The molecule has 0 bridgehead atoms. The van der Waals surface area contributed by atoms with Crippen molar-refractivity contribution in [3.05, 3.63) is 58.3 Å². The second-order valence-electron chi connectivity index (χ2n) is 5.76. The number of rotatable bonds is 4. The highest BCUT2D eigenvalue weighted by atomic mass is 35.5. The Morgan fingerprint density at radius 1 is 1.22 bits per heavy atom. The number of nitrogens with zero attached hydrogens (tertiary/aromatic N) is 2. The molecule has 0 aliphatic carbocycles. The standard InChI is InChI=1S/C18H14Cl2FN3O2S/c1-24-17(26)15(9-16(25)22-11-4-2-10(21)3-5-11)27-18(24)23-12-6-7-13(19)14(20)8-12/h2-8,15H,9H2,1H3,(H,22,25)/t15-/m0/s1. The van der Waals surface area contributed by atoms with E-state index in [1.54, 1.807) is 25.2 Å². The zero-order valence-electron chi connectivity index (χ0n) is 14.1. The average molecular weight is 426 g/mol. The fraction of sp³-hybridized carbons (Fsp3) is 0.167. The van der Waals surface area contributed by atoms with Crippen molar-refractivity contribution in [3.8, 4) is 0 Å². The molecule has 1 heterocycles. The van der Waals surface area contributed by atoms with Crippen LogP contribution in [-0.2, 0) is 9.59 Å². The third kappa shape index (κ3) is 4.80. The lowest BCUT2D eigenvalue weighted by Crippen LogP contribution is -2.30. The van der Waals surface area contributed by atoms with E-state index in [0.29, 0.717) is 26.6 Å². The Balaban J connectivity index is 1.67. The molecule has 1 aliphatic heterocycles. The maximum atomic E-state index is 12.9. The van der Waals surface area contributed by atoms with Crippen molar-refractivity contribution in [3.63, 3.8) is 0 Å². The molecule has 1 aliphatic rings. The normalized spacial score (nSPS) is 18.2. The van der Waals surface area contributed by atoms with Gasteiger partial charge in [0.25, 0.3) is 0 Å². The summed E-state index contributed by atoms with van der Waals surface area (Å²) in [7, 11) is 1.60. The van der Waals surface area contributed by atoms with Crippen LogP contribution in [0.1, 0.15) is 6.42 Å². The second kappa shape index (κ2) is 8.29. The molecule has 0 unspecified atom stereocenters. The summed E-state index contributed by atoms with van der Waals surface area (Å²) in [4.78, 5) is 30.4. The zero-order valence-corrected chi connectivity index (χ0v) is 16.4. The lowest BCUT2D eigenvalue weighted by Gasteiger charge is -2.09. The molecular formula is C18H14Cl2FN3O2S. The third-order valence-corrected chi connectivity index (χ3v) is 5.74. The van der Waals surface area contributed by atoms with Crippen LogP contribution in [0.5, 0.6) is 0 Å². The quantitative estimate of drug-likeness (QED) is 0.770. The average Bonchev–Trinajstić information content (AvgIpc) is 2.88. The van der Waals surface area contributed by atoms with Gasteiger partial charge in [-0.2, -0.15) is 0 Å². The minimum atomic E-state index is -0.586. The fourth-order valence-electron chi connectivity index (χ4n) is 2.38. The van der Waals surface area contributed by atoms with Gasteiger partial charge in [0.1, 0.15) is 11.1 Å². The largest absolute Gasteiger partial charge is 0.326 e. The molecule has 0 radical (unpaired) electrons. The summed E-state index contributed by atoms with van der Waals surface area (Å²) < 4.78 is 12.9. The van der Waals surface area contributed by atoms with Crippen LogP contribution in [0.25, 0.3) is 0 Å². The van der Waals surface area contributed by atoms with Crippen LogP contribution in [-0.4, -0.2) is 34.2 Å². The van der Waals surface area contributed by atoms with Gasteiger partial charge < -0.3 is 5.32 Å². The molecule has 1 atom stereocenters. The number of nitrogens with one attached hydrogen (secondary N) is 1. The van der Waals surface area contributed by atoms with Gasteiger partial charge in [-0.15, -0.1) is 0 Å². The Morgan fingerprint density at radius 2 is 1.93 bits per heavy atom. The van der Waals surface area contributed by atoms with Gasteiger partial charge in [0.2, 0.25) is 11.8 Å². The highest BCUT2D eigenvalue weighted by Gasteiger charge is 2.37. The monoisotopic (exact) mass is 425 g/mol. The fourth-order valence-corrected chi connectivity index (χ4v) is 3.82. The number of anilines is 1. The number of halogens is 3. The van der Waals surface area contributed by atoms with Crippen molar-refractivity contribution in [2.75, 3.05) is 12.4 Å². The summed E-state index contributed by atoms with van der Waals surface area (Å²) in [6.07, 6.45) is -0.0222. The van der Waals surface area contributed by atoms with E-state index in [4.69, 9.17) is 23.2 Å². The van der Waals surface area contributed by atoms with Crippen LogP contribution in [0.2, 0.25) is 10.0 Å². The third-order valence-electron chi connectivity index (χ3n) is 3.77. The number of hydrogen-bond acceptors (Lipinski definition) is 4. The van der Waals surface area contributed by atoms with Gasteiger partial charge >= 0.3 is 0 Å². The second-order valence-corrected chi connectivity index (χ2v) is 7.74. The Hall–Kier alpha value is -2.09. The topological polar surface area (TPSA) is 61.8 Å². The van der Waals surface area contributed by atoms with E-state index >= 15 is 0 Å². The van der Waals surface area contributed by atoms with Crippen LogP contribution in [0.4, 0.5) is 15.8 Å². The number of thioether (sulfide) groups is 1. The maximum absolute atomic E-state index is 12.9.